The lowest BCUT2D eigenvalue weighted by molar-refractivity contribution is 0.788. The molecule has 0 saturated heterocycles. The van der Waals surface area contributed by atoms with Gasteiger partial charge in [0.1, 0.15) is 6.34 Å². The first-order valence-corrected chi connectivity index (χ1v) is 3.72. The Morgan fingerprint density at radius 3 is 2.82 bits per heavy atom. The summed E-state index contributed by atoms with van der Waals surface area (Å²) < 4.78 is 0. The summed E-state index contributed by atoms with van der Waals surface area (Å²) in [6, 6.07) is 0. The summed E-state index contributed by atoms with van der Waals surface area (Å²) >= 11 is 0. The number of rotatable bonds is 1. The van der Waals surface area contributed by atoms with E-state index in [9.17, 15) is 0 Å². The second kappa shape index (κ2) is 3.86. The van der Waals surface area contributed by atoms with Gasteiger partial charge in [0.05, 0.1) is 0 Å². The molecule has 0 atom stereocenters. The molecule has 2 heteroatoms. The molecular formula is C9H12N2. The van der Waals surface area contributed by atoms with E-state index in [-0.39, 0.29) is 0 Å². The van der Waals surface area contributed by atoms with Crippen LogP contribution in [0, 0.1) is 5.92 Å². The quantitative estimate of drug-likeness (QED) is 0.544. The summed E-state index contributed by atoms with van der Waals surface area (Å²) in [6.45, 7) is 4.29. The molecule has 0 saturated carbocycles. The average Bonchev–Trinajstić information content (AvgIpc) is 1.84. The molecule has 0 spiro atoms. The standard InChI is InChI=1S/C9H12N2/c1-8(2)9-4-3-5-10-7-11-6-9/h3-8H,1-2H3. The van der Waals surface area contributed by atoms with Crippen LogP contribution in [0.3, 0.4) is 0 Å². The number of nitrogens with zero attached hydrogens (tertiary/aromatic N) is 2. The lowest BCUT2D eigenvalue weighted by Gasteiger charge is -2.03. The van der Waals surface area contributed by atoms with Gasteiger partial charge in [0, 0.05) is 12.4 Å². The highest BCUT2D eigenvalue weighted by Crippen LogP contribution is 2.10. The van der Waals surface area contributed by atoms with Crippen molar-refractivity contribution >= 4 is 12.6 Å². The van der Waals surface area contributed by atoms with Crippen LogP contribution in [0.1, 0.15) is 13.8 Å². The minimum atomic E-state index is 0.523. The van der Waals surface area contributed by atoms with Crippen LogP contribution in [-0.4, -0.2) is 12.6 Å². The van der Waals surface area contributed by atoms with E-state index in [0.717, 1.165) is 0 Å². The third kappa shape index (κ3) is 2.50. The Hall–Kier alpha value is -1.18. The van der Waals surface area contributed by atoms with E-state index >= 15 is 0 Å². The Labute approximate surface area is 67.1 Å². The zero-order chi connectivity index (χ0) is 8.10. The van der Waals surface area contributed by atoms with Gasteiger partial charge in [0.25, 0.3) is 0 Å². The van der Waals surface area contributed by atoms with Crippen molar-refractivity contribution < 1.29 is 0 Å². The van der Waals surface area contributed by atoms with Crippen molar-refractivity contribution in [1.82, 2.24) is 0 Å². The molecule has 1 aliphatic rings. The maximum absolute atomic E-state index is 4.00. The van der Waals surface area contributed by atoms with Gasteiger partial charge < -0.3 is 0 Å². The Kier molecular flexibility index (Phi) is 2.78. The Morgan fingerprint density at radius 2 is 2.09 bits per heavy atom. The molecule has 0 fully saturated rings. The van der Waals surface area contributed by atoms with Crippen LogP contribution in [0.4, 0.5) is 0 Å². The average molecular weight is 148 g/mol. The lowest BCUT2D eigenvalue weighted by Crippen LogP contribution is -1.90. The van der Waals surface area contributed by atoms with E-state index in [1.807, 2.05) is 18.4 Å². The summed E-state index contributed by atoms with van der Waals surface area (Å²) in [4.78, 5) is 7.87. The fraction of sp³-hybridized carbons (Fsp3) is 0.333. The van der Waals surface area contributed by atoms with E-state index < -0.39 is 0 Å². The van der Waals surface area contributed by atoms with Crippen molar-refractivity contribution in [3.8, 4) is 0 Å². The van der Waals surface area contributed by atoms with E-state index in [2.05, 4.69) is 23.8 Å². The SMILES string of the molecule is CC(C)C1=CN=CN=CC=C1. The first-order valence-electron chi connectivity index (χ1n) is 3.72. The highest BCUT2D eigenvalue weighted by molar-refractivity contribution is 5.81. The molecule has 2 nitrogen and oxygen atoms in total. The Bertz CT molecular complexity index is 232. The molecule has 0 unspecified atom stereocenters. The maximum atomic E-state index is 4.00. The van der Waals surface area contributed by atoms with Gasteiger partial charge >= 0.3 is 0 Å². The van der Waals surface area contributed by atoms with E-state index in [1.54, 1.807) is 12.6 Å². The Morgan fingerprint density at radius 1 is 1.27 bits per heavy atom. The molecule has 1 heterocycles. The smallest absolute Gasteiger partial charge is 0.115 e. The molecule has 0 bridgehead atoms. The van der Waals surface area contributed by atoms with Gasteiger partial charge in [-0.2, -0.15) is 0 Å². The second-order valence-electron chi connectivity index (χ2n) is 2.71. The highest BCUT2D eigenvalue weighted by Gasteiger charge is 1.97. The van der Waals surface area contributed by atoms with E-state index in [1.165, 1.54) is 5.57 Å². The van der Waals surface area contributed by atoms with Crippen molar-refractivity contribution in [2.24, 2.45) is 15.9 Å². The van der Waals surface area contributed by atoms with Crippen LogP contribution in [-0.2, 0) is 0 Å². The van der Waals surface area contributed by atoms with Gasteiger partial charge in [-0.25, -0.2) is 9.98 Å². The van der Waals surface area contributed by atoms with E-state index in [0.29, 0.717) is 5.92 Å². The summed E-state index contributed by atoms with van der Waals surface area (Å²) in [6.07, 6.45) is 9.09. The molecule has 0 aliphatic carbocycles. The molecule has 1 rings (SSSR count). The third-order valence-corrected chi connectivity index (χ3v) is 1.48. The predicted molar refractivity (Wildman–Crippen MR) is 49.0 cm³/mol. The van der Waals surface area contributed by atoms with Crippen molar-refractivity contribution in [2.75, 3.05) is 0 Å². The van der Waals surface area contributed by atoms with Gasteiger partial charge in [-0.3, -0.25) is 0 Å². The fourth-order valence-electron chi connectivity index (χ4n) is 0.785. The van der Waals surface area contributed by atoms with Crippen LogP contribution < -0.4 is 0 Å². The molecule has 1 aliphatic heterocycles. The third-order valence-electron chi connectivity index (χ3n) is 1.48. The van der Waals surface area contributed by atoms with Crippen molar-refractivity contribution in [2.45, 2.75) is 13.8 Å². The molecule has 11 heavy (non-hydrogen) atoms. The first kappa shape index (κ1) is 7.92. The summed E-state index contributed by atoms with van der Waals surface area (Å²) in [5.41, 5.74) is 1.23. The van der Waals surface area contributed by atoms with Crippen LogP contribution in [0.15, 0.2) is 33.9 Å². The van der Waals surface area contributed by atoms with Crippen molar-refractivity contribution in [3.63, 3.8) is 0 Å². The van der Waals surface area contributed by atoms with Crippen LogP contribution in [0.5, 0.6) is 0 Å². The molecular weight excluding hydrogens is 136 g/mol. The van der Waals surface area contributed by atoms with Crippen LogP contribution >= 0.6 is 0 Å². The molecule has 58 valence electrons. The van der Waals surface area contributed by atoms with Gasteiger partial charge in [-0.1, -0.05) is 19.9 Å². The minimum absolute atomic E-state index is 0.523. The van der Waals surface area contributed by atoms with Gasteiger partial charge in [0.15, 0.2) is 0 Å². The van der Waals surface area contributed by atoms with Crippen molar-refractivity contribution in [1.29, 1.82) is 0 Å². The largest absolute Gasteiger partial charge is 0.245 e. The number of hydrogen-bond donors (Lipinski definition) is 0. The number of aliphatic imine (C=N–C) groups is 2. The molecule has 0 N–H and O–H groups in total. The van der Waals surface area contributed by atoms with Crippen LogP contribution in [0.25, 0.3) is 0 Å². The normalized spacial score (nSPS) is 16.5. The number of allylic oxidation sites excluding steroid dienone is 3. The monoisotopic (exact) mass is 148 g/mol. The molecule has 0 amide bonds. The van der Waals surface area contributed by atoms with E-state index in [4.69, 9.17) is 0 Å². The fourth-order valence-corrected chi connectivity index (χ4v) is 0.785. The number of hydrogen-bond acceptors (Lipinski definition) is 2. The van der Waals surface area contributed by atoms with Crippen molar-refractivity contribution in [3.05, 3.63) is 23.9 Å². The van der Waals surface area contributed by atoms with Gasteiger partial charge in [-0.15, -0.1) is 0 Å². The molecule has 0 aromatic heterocycles. The zero-order valence-corrected chi connectivity index (χ0v) is 6.86. The zero-order valence-electron chi connectivity index (χ0n) is 6.86. The summed E-state index contributed by atoms with van der Waals surface area (Å²) in [5, 5.41) is 0. The van der Waals surface area contributed by atoms with Crippen LogP contribution in [0.2, 0.25) is 0 Å². The molecule has 0 aromatic rings. The Balaban J connectivity index is 2.78. The summed E-state index contributed by atoms with van der Waals surface area (Å²) in [5.74, 6) is 0.523. The highest BCUT2D eigenvalue weighted by atomic mass is 14.8. The molecule has 0 aromatic carbocycles. The van der Waals surface area contributed by atoms with Gasteiger partial charge in [-0.05, 0) is 17.6 Å². The maximum Gasteiger partial charge on any atom is 0.115 e. The minimum Gasteiger partial charge on any atom is -0.245 e. The second-order valence-corrected chi connectivity index (χ2v) is 2.71. The first-order chi connectivity index (χ1) is 5.30. The molecule has 0 radical (unpaired) electrons. The summed E-state index contributed by atoms with van der Waals surface area (Å²) in [7, 11) is 0. The van der Waals surface area contributed by atoms with Gasteiger partial charge in [0.2, 0.25) is 0 Å². The lowest BCUT2D eigenvalue weighted by atomic mass is 10.0. The topological polar surface area (TPSA) is 24.7 Å². The predicted octanol–water partition coefficient (Wildman–Crippen LogP) is 2.20.